The molecule has 0 unspecified atom stereocenters. The highest BCUT2D eigenvalue weighted by Gasteiger charge is 2.15. The number of hydrogen-bond acceptors (Lipinski definition) is 1. The summed E-state index contributed by atoms with van der Waals surface area (Å²) in [7, 11) is 0. The number of benzene rings is 1. The second-order valence-electron chi connectivity index (χ2n) is 3.07. The molecule has 2 aromatic rings. The van der Waals surface area contributed by atoms with Crippen LogP contribution in [0.25, 0.3) is 11.1 Å². The summed E-state index contributed by atoms with van der Waals surface area (Å²) in [5.41, 5.74) is 0.599. The van der Waals surface area contributed by atoms with Gasteiger partial charge in [0.25, 0.3) is 0 Å². The lowest BCUT2D eigenvalue weighted by Gasteiger charge is -2.08. The molecular weight excluding hydrogens is 271 g/mol. The molecule has 0 aliphatic carbocycles. The van der Waals surface area contributed by atoms with Crippen molar-refractivity contribution in [2.75, 3.05) is 0 Å². The van der Waals surface area contributed by atoms with Crippen LogP contribution in [-0.4, -0.2) is 4.98 Å². The maximum absolute atomic E-state index is 13.6. The van der Waals surface area contributed by atoms with Gasteiger partial charge in [-0.2, -0.15) is 0 Å². The van der Waals surface area contributed by atoms with Crippen molar-refractivity contribution in [2.24, 2.45) is 0 Å². The monoisotopic (exact) mass is 275 g/mol. The third-order valence-electron chi connectivity index (χ3n) is 2.08. The minimum Gasteiger partial charge on any atom is -0.264 e. The predicted octanol–water partition coefficient (Wildman–Crippen LogP) is 4.85. The Hall–Kier alpha value is -0.830. The summed E-state index contributed by atoms with van der Waals surface area (Å²) in [4.78, 5) is 3.83. The van der Waals surface area contributed by atoms with Gasteiger partial charge in [-0.15, -0.1) is 0 Å². The lowest BCUT2D eigenvalue weighted by atomic mass is 10.1. The number of aromatic nitrogens is 1. The van der Waals surface area contributed by atoms with Crippen LogP contribution >= 0.6 is 34.8 Å². The molecule has 16 heavy (non-hydrogen) atoms. The van der Waals surface area contributed by atoms with Gasteiger partial charge in [-0.25, -0.2) is 4.39 Å². The molecule has 1 nitrogen and oxygen atoms in total. The van der Waals surface area contributed by atoms with Crippen molar-refractivity contribution in [3.63, 3.8) is 0 Å². The number of halogens is 4. The molecule has 82 valence electrons. The first-order valence-electron chi connectivity index (χ1n) is 4.34. The number of rotatable bonds is 1. The van der Waals surface area contributed by atoms with E-state index in [1.54, 1.807) is 12.1 Å². The van der Waals surface area contributed by atoms with Gasteiger partial charge < -0.3 is 0 Å². The molecule has 0 spiro atoms. The second kappa shape index (κ2) is 4.58. The van der Waals surface area contributed by atoms with E-state index in [-0.39, 0.29) is 10.6 Å². The van der Waals surface area contributed by atoms with Crippen molar-refractivity contribution in [1.82, 2.24) is 4.98 Å². The first kappa shape index (κ1) is 11.6. The van der Waals surface area contributed by atoms with Crippen LogP contribution in [0.3, 0.4) is 0 Å². The van der Waals surface area contributed by atoms with Gasteiger partial charge in [0.2, 0.25) is 0 Å². The van der Waals surface area contributed by atoms with E-state index in [2.05, 4.69) is 4.98 Å². The topological polar surface area (TPSA) is 12.9 Å². The first-order chi connectivity index (χ1) is 7.61. The Balaban J connectivity index is 2.74. The van der Waals surface area contributed by atoms with Crippen LogP contribution in [-0.2, 0) is 0 Å². The summed E-state index contributed by atoms with van der Waals surface area (Å²) in [6, 6.07) is 4.37. The Kier molecular flexibility index (Phi) is 3.33. The molecule has 0 aliphatic rings. The Morgan fingerprint density at radius 2 is 1.69 bits per heavy atom. The number of nitrogens with zero attached hydrogens (tertiary/aromatic N) is 1. The van der Waals surface area contributed by atoms with E-state index in [0.717, 1.165) is 0 Å². The van der Waals surface area contributed by atoms with Crippen molar-refractivity contribution in [3.8, 4) is 11.1 Å². The zero-order chi connectivity index (χ0) is 11.7. The maximum Gasteiger partial charge on any atom is 0.134 e. The van der Waals surface area contributed by atoms with Crippen LogP contribution in [0, 0.1) is 5.82 Å². The molecule has 1 heterocycles. The smallest absolute Gasteiger partial charge is 0.134 e. The van der Waals surface area contributed by atoms with E-state index >= 15 is 0 Å². The fourth-order valence-corrected chi connectivity index (χ4v) is 2.07. The Morgan fingerprint density at radius 1 is 1.00 bits per heavy atom. The molecular formula is C11H5Cl3FN. The number of hydrogen-bond donors (Lipinski definition) is 0. The van der Waals surface area contributed by atoms with Crippen LogP contribution in [0.1, 0.15) is 0 Å². The normalized spacial score (nSPS) is 10.5. The minimum atomic E-state index is -0.443. The van der Waals surface area contributed by atoms with Crippen LogP contribution in [0.2, 0.25) is 15.1 Å². The fourth-order valence-electron chi connectivity index (χ4n) is 1.34. The van der Waals surface area contributed by atoms with Crippen molar-refractivity contribution in [2.45, 2.75) is 0 Å². The van der Waals surface area contributed by atoms with Crippen LogP contribution in [0.5, 0.6) is 0 Å². The van der Waals surface area contributed by atoms with Gasteiger partial charge >= 0.3 is 0 Å². The lowest BCUT2D eigenvalue weighted by molar-refractivity contribution is 0.629. The molecule has 0 saturated carbocycles. The van der Waals surface area contributed by atoms with Gasteiger partial charge in [0, 0.05) is 23.5 Å². The molecule has 0 N–H and O–H groups in total. The average Bonchev–Trinajstić information content (AvgIpc) is 2.27. The van der Waals surface area contributed by atoms with Crippen molar-refractivity contribution < 1.29 is 4.39 Å². The Bertz CT molecular complexity index is 543. The highest BCUT2D eigenvalue weighted by Crippen LogP contribution is 2.39. The van der Waals surface area contributed by atoms with Crippen LogP contribution in [0.4, 0.5) is 4.39 Å². The Morgan fingerprint density at radius 3 is 2.38 bits per heavy atom. The quantitative estimate of drug-likeness (QED) is 0.679. The summed E-state index contributed by atoms with van der Waals surface area (Å²) in [6.07, 6.45) is 2.71. The van der Waals surface area contributed by atoms with Crippen molar-refractivity contribution >= 4 is 34.8 Å². The van der Waals surface area contributed by atoms with Gasteiger partial charge in [-0.1, -0.05) is 34.8 Å². The summed E-state index contributed by atoms with van der Waals surface area (Å²) in [5, 5.41) is 0.881. The van der Waals surface area contributed by atoms with E-state index in [4.69, 9.17) is 34.8 Å². The molecule has 0 bridgehead atoms. The molecule has 2 rings (SSSR count). The molecule has 0 saturated heterocycles. The van der Waals surface area contributed by atoms with Gasteiger partial charge in [0.05, 0.1) is 15.1 Å². The zero-order valence-electron chi connectivity index (χ0n) is 7.85. The second-order valence-corrected chi connectivity index (χ2v) is 4.27. The van der Waals surface area contributed by atoms with E-state index in [1.807, 2.05) is 0 Å². The lowest BCUT2D eigenvalue weighted by Crippen LogP contribution is -1.88. The molecule has 0 fully saturated rings. The number of pyridine rings is 1. The largest absolute Gasteiger partial charge is 0.264 e. The average molecular weight is 277 g/mol. The third kappa shape index (κ3) is 2.01. The SMILES string of the molecule is Fc1ccncc1-c1c(Cl)ccc(Cl)c1Cl. The van der Waals surface area contributed by atoms with Crippen molar-refractivity contribution in [1.29, 1.82) is 0 Å². The van der Waals surface area contributed by atoms with E-state index in [1.165, 1.54) is 18.5 Å². The zero-order valence-corrected chi connectivity index (χ0v) is 10.1. The van der Waals surface area contributed by atoms with Crippen LogP contribution < -0.4 is 0 Å². The maximum atomic E-state index is 13.6. The van der Waals surface area contributed by atoms with Crippen LogP contribution in [0.15, 0.2) is 30.6 Å². The predicted molar refractivity (Wildman–Crippen MR) is 64.7 cm³/mol. The first-order valence-corrected chi connectivity index (χ1v) is 5.48. The van der Waals surface area contributed by atoms with Gasteiger partial charge in [0.15, 0.2) is 0 Å². The summed E-state index contributed by atoms with van der Waals surface area (Å²) in [6.45, 7) is 0. The van der Waals surface area contributed by atoms with Gasteiger partial charge in [-0.05, 0) is 18.2 Å². The Labute approximate surface area is 107 Å². The van der Waals surface area contributed by atoms with E-state index < -0.39 is 5.82 Å². The van der Waals surface area contributed by atoms with Crippen molar-refractivity contribution in [3.05, 3.63) is 51.5 Å². The molecule has 1 aromatic heterocycles. The third-order valence-corrected chi connectivity index (χ3v) is 3.20. The fraction of sp³-hybridized carbons (Fsp3) is 0. The highest BCUT2D eigenvalue weighted by molar-refractivity contribution is 6.46. The van der Waals surface area contributed by atoms with Gasteiger partial charge in [0.1, 0.15) is 5.82 Å². The molecule has 5 heteroatoms. The minimum absolute atomic E-state index is 0.223. The summed E-state index contributed by atoms with van der Waals surface area (Å²) < 4.78 is 13.6. The van der Waals surface area contributed by atoms with E-state index in [9.17, 15) is 4.39 Å². The molecule has 1 aromatic carbocycles. The molecule has 0 amide bonds. The molecule has 0 aliphatic heterocycles. The standard InChI is InChI=1S/C11H5Cl3FN/c12-7-1-2-8(13)11(14)10(7)6-5-16-4-3-9(6)15/h1-5H. The summed E-state index contributed by atoms with van der Waals surface area (Å²) in [5.74, 6) is -0.443. The van der Waals surface area contributed by atoms with E-state index in [0.29, 0.717) is 15.6 Å². The van der Waals surface area contributed by atoms with Gasteiger partial charge in [-0.3, -0.25) is 4.98 Å². The molecule has 0 radical (unpaired) electrons. The molecule has 0 atom stereocenters. The summed E-state index contributed by atoms with van der Waals surface area (Å²) >= 11 is 17.8. The highest BCUT2D eigenvalue weighted by atomic mass is 35.5.